The van der Waals surface area contributed by atoms with Crippen LogP contribution in [0.15, 0.2) is 34.4 Å². The highest BCUT2D eigenvalue weighted by molar-refractivity contribution is 7.07. The number of nitrogens with zero attached hydrogens (tertiary/aromatic N) is 1. The minimum absolute atomic E-state index is 0.0813. The number of esters is 1. The van der Waals surface area contributed by atoms with Gasteiger partial charge >= 0.3 is 10.8 Å². The van der Waals surface area contributed by atoms with Crippen molar-refractivity contribution in [2.45, 2.75) is 26.8 Å². The van der Waals surface area contributed by atoms with Gasteiger partial charge in [0.25, 0.3) is 0 Å². The van der Waals surface area contributed by atoms with Gasteiger partial charge in [0.15, 0.2) is 0 Å². The predicted molar refractivity (Wildman–Crippen MR) is 89.0 cm³/mol. The van der Waals surface area contributed by atoms with Crippen LogP contribution in [0.25, 0.3) is 0 Å². The summed E-state index contributed by atoms with van der Waals surface area (Å²) in [4.78, 5) is 35.5. The average molecular weight is 334 g/mol. The molecule has 0 aliphatic heterocycles. The first-order valence-electron chi connectivity index (χ1n) is 7.24. The molecule has 0 atom stereocenters. The van der Waals surface area contributed by atoms with E-state index in [9.17, 15) is 14.4 Å². The van der Waals surface area contributed by atoms with E-state index in [1.165, 1.54) is 0 Å². The lowest BCUT2D eigenvalue weighted by Crippen LogP contribution is -2.21. The molecule has 1 N–H and O–H groups in total. The lowest BCUT2D eigenvalue weighted by Gasteiger charge is -2.10. The molecule has 23 heavy (non-hydrogen) atoms. The molecule has 0 aliphatic rings. The number of amides is 1. The van der Waals surface area contributed by atoms with Crippen molar-refractivity contribution in [1.82, 2.24) is 4.57 Å². The van der Waals surface area contributed by atoms with Crippen LogP contribution in [0.1, 0.15) is 29.4 Å². The minimum atomic E-state index is -0.478. The van der Waals surface area contributed by atoms with Crippen molar-refractivity contribution in [3.8, 4) is 0 Å². The normalized spacial score (nSPS) is 10.3. The number of para-hydroxylation sites is 1. The summed E-state index contributed by atoms with van der Waals surface area (Å²) in [5, 5.41) is 4.46. The Morgan fingerprint density at radius 3 is 2.70 bits per heavy atom. The third kappa shape index (κ3) is 4.29. The maximum atomic E-state index is 12.1. The largest absolute Gasteiger partial charge is 0.462 e. The van der Waals surface area contributed by atoms with Crippen molar-refractivity contribution in [3.63, 3.8) is 0 Å². The molecule has 0 aliphatic carbocycles. The minimum Gasteiger partial charge on any atom is -0.462 e. The maximum Gasteiger partial charge on any atom is 0.340 e. The van der Waals surface area contributed by atoms with Gasteiger partial charge in [-0.25, -0.2) is 4.79 Å². The summed E-state index contributed by atoms with van der Waals surface area (Å²) in [6.45, 7) is 4.12. The van der Waals surface area contributed by atoms with E-state index in [2.05, 4.69) is 5.32 Å². The SMILES string of the molecule is CCOC(=O)c1ccccc1NC(=O)CCn1c(C)csc1=O. The van der Waals surface area contributed by atoms with Crippen LogP contribution in [0.3, 0.4) is 0 Å². The lowest BCUT2D eigenvalue weighted by atomic mass is 10.1. The van der Waals surface area contributed by atoms with Gasteiger partial charge in [0.1, 0.15) is 0 Å². The summed E-state index contributed by atoms with van der Waals surface area (Å²) >= 11 is 1.11. The molecule has 2 rings (SSSR count). The second-order valence-corrected chi connectivity index (χ2v) is 5.68. The van der Waals surface area contributed by atoms with Crippen LogP contribution in [0.2, 0.25) is 0 Å². The van der Waals surface area contributed by atoms with Gasteiger partial charge in [-0.2, -0.15) is 0 Å². The van der Waals surface area contributed by atoms with Crippen LogP contribution in [0, 0.1) is 6.92 Å². The fourth-order valence-electron chi connectivity index (χ4n) is 2.08. The van der Waals surface area contributed by atoms with Crippen LogP contribution in [-0.4, -0.2) is 23.1 Å². The zero-order chi connectivity index (χ0) is 16.8. The number of hydrogen-bond acceptors (Lipinski definition) is 5. The summed E-state index contributed by atoms with van der Waals surface area (Å²) in [5.41, 5.74) is 1.55. The van der Waals surface area contributed by atoms with Crippen molar-refractivity contribution >= 4 is 28.9 Å². The van der Waals surface area contributed by atoms with E-state index in [4.69, 9.17) is 4.74 Å². The molecule has 0 fully saturated rings. The molecule has 1 heterocycles. The quantitative estimate of drug-likeness (QED) is 0.823. The van der Waals surface area contributed by atoms with Crippen LogP contribution < -0.4 is 10.2 Å². The molecule has 7 heteroatoms. The van der Waals surface area contributed by atoms with Gasteiger partial charge < -0.3 is 14.6 Å². The number of rotatable bonds is 6. The molecular formula is C16H18N2O4S. The smallest absolute Gasteiger partial charge is 0.340 e. The van der Waals surface area contributed by atoms with E-state index in [-0.39, 0.29) is 23.8 Å². The van der Waals surface area contributed by atoms with Gasteiger partial charge in [-0.15, -0.1) is 0 Å². The summed E-state index contributed by atoms with van der Waals surface area (Å²) in [5.74, 6) is -0.743. The molecule has 122 valence electrons. The van der Waals surface area contributed by atoms with E-state index in [1.807, 2.05) is 6.92 Å². The predicted octanol–water partition coefficient (Wildman–Crippen LogP) is 2.42. The summed E-state index contributed by atoms with van der Waals surface area (Å²) < 4.78 is 6.52. The molecule has 0 spiro atoms. The zero-order valence-electron chi connectivity index (χ0n) is 13.0. The first kappa shape index (κ1) is 17.0. The topological polar surface area (TPSA) is 77.4 Å². The van der Waals surface area contributed by atoms with E-state index in [0.29, 0.717) is 17.8 Å². The van der Waals surface area contributed by atoms with Gasteiger partial charge in [-0.3, -0.25) is 9.59 Å². The number of anilines is 1. The third-order valence-electron chi connectivity index (χ3n) is 3.24. The standard InChI is InChI=1S/C16H18N2O4S/c1-3-22-15(20)12-6-4-5-7-13(12)17-14(19)8-9-18-11(2)10-23-16(18)21/h4-7,10H,3,8-9H2,1-2H3,(H,17,19). The highest BCUT2D eigenvalue weighted by atomic mass is 32.1. The maximum absolute atomic E-state index is 12.1. The average Bonchev–Trinajstić information content (AvgIpc) is 2.84. The molecule has 1 amide bonds. The Kier molecular flexibility index (Phi) is 5.70. The summed E-state index contributed by atoms with van der Waals surface area (Å²) in [6, 6.07) is 6.68. The molecule has 0 saturated carbocycles. The number of benzene rings is 1. The monoisotopic (exact) mass is 334 g/mol. The number of aryl methyl sites for hydroxylation is 1. The van der Waals surface area contributed by atoms with Crippen LogP contribution in [-0.2, 0) is 16.1 Å². The Morgan fingerprint density at radius 1 is 1.30 bits per heavy atom. The first-order valence-corrected chi connectivity index (χ1v) is 8.11. The molecule has 1 aromatic heterocycles. The fraction of sp³-hybridized carbons (Fsp3) is 0.312. The van der Waals surface area contributed by atoms with Crippen molar-refractivity contribution in [2.24, 2.45) is 0 Å². The molecule has 0 saturated heterocycles. The van der Waals surface area contributed by atoms with Crippen molar-refractivity contribution in [1.29, 1.82) is 0 Å². The Hall–Kier alpha value is -2.41. The molecule has 0 radical (unpaired) electrons. The van der Waals surface area contributed by atoms with Crippen molar-refractivity contribution < 1.29 is 14.3 Å². The zero-order valence-corrected chi connectivity index (χ0v) is 13.8. The number of aromatic nitrogens is 1. The van der Waals surface area contributed by atoms with Crippen molar-refractivity contribution in [3.05, 3.63) is 50.6 Å². The number of ether oxygens (including phenoxy) is 1. The van der Waals surface area contributed by atoms with E-state index >= 15 is 0 Å². The number of nitrogens with one attached hydrogen (secondary N) is 1. The first-order chi connectivity index (χ1) is 11.0. The second-order valence-electron chi connectivity index (χ2n) is 4.86. The second kappa shape index (κ2) is 7.73. The molecule has 6 nitrogen and oxygen atoms in total. The Labute approximate surface area is 137 Å². The van der Waals surface area contributed by atoms with E-state index in [1.54, 1.807) is 41.1 Å². The summed E-state index contributed by atoms with van der Waals surface area (Å²) in [6.07, 6.45) is 0.147. The Morgan fingerprint density at radius 2 is 2.04 bits per heavy atom. The van der Waals surface area contributed by atoms with Crippen LogP contribution in [0.4, 0.5) is 5.69 Å². The van der Waals surface area contributed by atoms with Gasteiger partial charge in [0, 0.05) is 24.0 Å². The molecule has 0 bridgehead atoms. The van der Waals surface area contributed by atoms with Gasteiger partial charge in [-0.1, -0.05) is 23.5 Å². The van der Waals surface area contributed by atoms with E-state index < -0.39 is 5.97 Å². The van der Waals surface area contributed by atoms with Gasteiger partial charge in [0.05, 0.1) is 17.9 Å². The number of carbonyl (C=O) groups excluding carboxylic acids is 2. The molecular weight excluding hydrogens is 316 g/mol. The Bertz CT molecular complexity index is 763. The number of thiazole rings is 1. The fourth-order valence-corrected chi connectivity index (χ4v) is 2.84. The summed E-state index contributed by atoms with van der Waals surface area (Å²) in [7, 11) is 0. The molecule has 0 unspecified atom stereocenters. The number of hydrogen-bond donors (Lipinski definition) is 1. The van der Waals surface area contributed by atoms with Crippen molar-refractivity contribution in [2.75, 3.05) is 11.9 Å². The molecule has 2 aromatic rings. The Balaban J connectivity index is 2.03. The van der Waals surface area contributed by atoms with Crippen LogP contribution in [0.5, 0.6) is 0 Å². The highest BCUT2D eigenvalue weighted by Crippen LogP contribution is 2.16. The molecule has 1 aromatic carbocycles. The highest BCUT2D eigenvalue weighted by Gasteiger charge is 2.14. The van der Waals surface area contributed by atoms with E-state index in [0.717, 1.165) is 17.0 Å². The van der Waals surface area contributed by atoms with Crippen LogP contribution >= 0.6 is 11.3 Å². The van der Waals surface area contributed by atoms with Gasteiger partial charge in [-0.05, 0) is 26.0 Å². The van der Waals surface area contributed by atoms with Gasteiger partial charge in [0.2, 0.25) is 5.91 Å². The third-order valence-corrected chi connectivity index (χ3v) is 4.12. The number of carbonyl (C=O) groups is 2. The lowest BCUT2D eigenvalue weighted by molar-refractivity contribution is -0.116.